The average molecular weight is 691 g/mol. The molecule has 9 aliphatic rings. The molecule has 4 aliphatic carbocycles. The van der Waals surface area contributed by atoms with Crippen LogP contribution in [-0.4, -0.2) is 63.0 Å². The maximum atomic E-state index is 13.0. The van der Waals surface area contributed by atoms with Gasteiger partial charge in [-0.3, -0.25) is 42.5 Å². The average Bonchev–Trinajstić information content (AvgIpc) is 3.76. The molecule has 0 amide bonds. The zero-order valence-corrected chi connectivity index (χ0v) is 28.3. The van der Waals surface area contributed by atoms with Crippen LogP contribution < -0.4 is 47.7 Å². The molecule has 13 heteroatoms. The third kappa shape index (κ3) is 5.70. The largest absolute Gasteiger partial charge is 0.286 e. The van der Waals surface area contributed by atoms with Crippen LogP contribution in [0.2, 0.25) is 0 Å². The van der Waals surface area contributed by atoms with Crippen molar-refractivity contribution >= 4 is 10.0 Å². The van der Waals surface area contributed by atoms with E-state index in [0.717, 1.165) is 12.8 Å². The van der Waals surface area contributed by atoms with Crippen molar-refractivity contribution in [3.8, 4) is 0 Å². The Labute approximate surface area is 280 Å². The molecule has 10 N–H and O–H groups in total. The van der Waals surface area contributed by atoms with E-state index in [9.17, 15) is 8.42 Å². The predicted molar refractivity (Wildman–Crippen MR) is 169 cm³/mol. The van der Waals surface area contributed by atoms with Crippen LogP contribution in [0.5, 0.6) is 0 Å². The van der Waals surface area contributed by atoms with Crippen LogP contribution in [0.25, 0.3) is 0 Å². The zero-order chi connectivity index (χ0) is 29.6. The Kier molecular flexibility index (Phi) is 9.16. The molecule has 5 aliphatic heterocycles. The van der Waals surface area contributed by atoms with Crippen molar-refractivity contribution < 1.29 is 24.9 Å². The van der Waals surface area contributed by atoms with E-state index in [2.05, 4.69) is 42.5 Å². The quantitative estimate of drug-likeness (QED) is 0.181. The van der Waals surface area contributed by atoms with Crippen LogP contribution in [0, 0.1) is 47.3 Å². The minimum atomic E-state index is -3.66. The smallest absolute Gasteiger partial charge is 0.212 e. The predicted octanol–water partition coefficient (Wildman–Crippen LogP) is 0.870. The molecule has 45 heavy (non-hydrogen) atoms. The summed E-state index contributed by atoms with van der Waals surface area (Å²) in [7, 11) is -3.66. The fourth-order valence-electron chi connectivity index (χ4n) is 12.4. The number of fused-ring (bicyclic) bond motifs is 20. The fraction of sp³-hybridized carbons (Fsp3) is 1.00. The topological polar surface area (TPSA) is 156 Å². The normalized spacial score (nSPS) is 54.3. The second-order valence-electron chi connectivity index (χ2n) is 16.3. The van der Waals surface area contributed by atoms with E-state index >= 15 is 0 Å². The summed E-state index contributed by atoms with van der Waals surface area (Å²) in [5.74, 6) is 3.83. The van der Waals surface area contributed by atoms with Crippen LogP contribution in [0.1, 0.15) is 96.3 Å². The SMILES string of the molecule is NS(=O)(=O)C1CCCC2C3NC4NC(NC5NC(NC6NC(NC(N3)C21)C1CCCCC61)C1CCCCC51)C1CCCCC41.[Ni]. The maximum Gasteiger partial charge on any atom is 0.212 e. The van der Waals surface area contributed by atoms with Gasteiger partial charge in [-0.15, -0.1) is 0 Å². The third-order valence-electron chi connectivity index (χ3n) is 14.3. The number of nitrogens with two attached hydrogens (primary N) is 1. The van der Waals surface area contributed by atoms with E-state index in [-0.39, 0.29) is 65.3 Å². The second kappa shape index (κ2) is 12.8. The minimum absolute atomic E-state index is 0. The third-order valence-corrected chi connectivity index (χ3v) is 15.6. The number of primary sulfonamides is 1. The fourth-order valence-corrected chi connectivity index (χ4v) is 13.7. The molecule has 0 aromatic carbocycles. The number of hydrogen-bond donors (Lipinski definition) is 9. The molecule has 8 bridgehead atoms. The van der Waals surface area contributed by atoms with Gasteiger partial charge < -0.3 is 0 Å². The van der Waals surface area contributed by atoms with Crippen LogP contribution >= 0.6 is 0 Å². The molecule has 9 fully saturated rings. The van der Waals surface area contributed by atoms with Gasteiger partial charge in [0.1, 0.15) is 0 Å². The summed E-state index contributed by atoms with van der Waals surface area (Å²) in [5.41, 5.74) is 0. The molecule has 17 unspecified atom stereocenters. The van der Waals surface area contributed by atoms with Crippen LogP contribution in [-0.2, 0) is 26.5 Å². The summed E-state index contributed by atoms with van der Waals surface area (Å²) in [6.07, 6.45) is 19.6. The first-order chi connectivity index (χ1) is 21.4. The Balaban J connectivity index is 0.00000300. The Morgan fingerprint density at radius 3 is 0.956 bits per heavy atom. The minimum Gasteiger partial charge on any atom is -0.286 e. The van der Waals surface area contributed by atoms with E-state index < -0.39 is 15.3 Å². The van der Waals surface area contributed by atoms with Gasteiger partial charge in [-0.25, -0.2) is 13.6 Å². The van der Waals surface area contributed by atoms with Crippen molar-refractivity contribution in [1.82, 2.24) is 42.5 Å². The first kappa shape index (κ1) is 32.3. The van der Waals surface area contributed by atoms with Crippen molar-refractivity contribution in [1.29, 1.82) is 0 Å². The Morgan fingerprint density at radius 2 is 0.644 bits per heavy atom. The molecule has 4 saturated carbocycles. The van der Waals surface area contributed by atoms with E-state index in [1.54, 1.807) is 0 Å². The molecule has 11 nitrogen and oxygen atoms in total. The number of nitrogens with one attached hydrogen (secondary N) is 8. The monoisotopic (exact) mass is 689 g/mol. The molecule has 5 saturated heterocycles. The summed E-state index contributed by atoms with van der Waals surface area (Å²) < 4.78 is 26.1. The second-order valence-corrected chi connectivity index (χ2v) is 18.1. The van der Waals surface area contributed by atoms with Gasteiger partial charge in [-0.1, -0.05) is 44.9 Å². The Hall–Kier alpha value is 0.0835. The van der Waals surface area contributed by atoms with Crippen LogP contribution in [0.3, 0.4) is 0 Å². The van der Waals surface area contributed by atoms with E-state index in [1.807, 2.05) is 0 Å². The Morgan fingerprint density at radius 1 is 0.378 bits per heavy atom. The first-order valence-electron chi connectivity index (χ1n) is 18.5. The van der Waals surface area contributed by atoms with Crippen molar-refractivity contribution in [2.75, 3.05) is 0 Å². The summed E-state index contributed by atoms with van der Waals surface area (Å²) in [6, 6.07) is 0. The summed E-state index contributed by atoms with van der Waals surface area (Å²) in [4.78, 5) is 0. The van der Waals surface area contributed by atoms with Crippen LogP contribution in [0.4, 0.5) is 0 Å². The van der Waals surface area contributed by atoms with Crippen molar-refractivity contribution in [2.45, 2.75) is 151 Å². The standard InChI is InChI=1S/C32H57N9O2S.Ni/c33-44(42,43)23-15-7-14-22-24(23)32-40-30-21-13-6-5-12-20(21)28(38-30)36-26-17-9-2-1-8-16(17)25(34-26)35-27-18-10-3-4-11-19(18)29(37-27)39-31(22)41-32;/h16-32,34-41H,1-15H2,(H2,33,42,43);. The molecule has 9 rings (SSSR count). The van der Waals surface area contributed by atoms with Gasteiger partial charge >= 0.3 is 0 Å². The molecule has 17 atom stereocenters. The van der Waals surface area contributed by atoms with Gasteiger partial charge in [-0.2, -0.15) is 0 Å². The molecule has 0 spiro atoms. The van der Waals surface area contributed by atoms with Gasteiger partial charge in [0.15, 0.2) is 0 Å². The van der Waals surface area contributed by atoms with Gasteiger partial charge in [0.2, 0.25) is 10.0 Å². The van der Waals surface area contributed by atoms with Crippen molar-refractivity contribution in [2.24, 2.45) is 52.5 Å². The summed E-state index contributed by atoms with van der Waals surface area (Å²) in [6.45, 7) is 0. The van der Waals surface area contributed by atoms with Gasteiger partial charge in [0.05, 0.1) is 54.6 Å². The molecule has 0 aromatic heterocycles. The summed E-state index contributed by atoms with van der Waals surface area (Å²) in [5, 5.41) is 38.2. The zero-order valence-electron chi connectivity index (χ0n) is 26.5. The molecule has 0 radical (unpaired) electrons. The van der Waals surface area contributed by atoms with Crippen molar-refractivity contribution in [3.63, 3.8) is 0 Å². The molecule has 5 heterocycles. The van der Waals surface area contributed by atoms with E-state index in [0.29, 0.717) is 54.3 Å². The van der Waals surface area contributed by atoms with E-state index in [4.69, 9.17) is 5.14 Å². The first-order valence-corrected chi connectivity index (χ1v) is 20.1. The van der Waals surface area contributed by atoms with Crippen LogP contribution in [0.15, 0.2) is 0 Å². The summed E-state index contributed by atoms with van der Waals surface area (Å²) >= 11 is 0. The number of hydrogen-bond acceptors (Lipinski definition) is 10. The molecule has 0 aromatic rings. The molecular weight excluding hydrogens is 633 g/mol. The Bertz CT molecular complexity index is 1180. The molecule has 258 valence electrons. The number of sulfonamides is 1. The van der Waals surface area contributed by atoms with Gasteiger partial charge in [0.25, 0.3) is 0 Å². The van der Waals surface area contributed by atoms with E-state index in [1.165, 1.54) is 77.0 Å². The van der Waals surface area contributed by atoms with Gasteiger partial charge in [-0.05, 0) is 92.8 Å². The molecular formula is C32H57N9NiO2S. The maximum absolute atomic E-state index is 13.0. The number of rotatable bonds is 1. The van der Waals surface area contributed by atoms with Gasteiger partial charge in [0, 0.05) is 22.4 Å². The van der Waals surface area contributed by atoms with Crippen molar-refractivity contribution in [3.05, 3.63) is 0 Å².